The number of ether oxygens (including phenoxy) is 4. The number of nitrogens with one attached hydrogen (secondary N) is 1. The van der Waals surface area contributed by atoms with Gasteiger partial charge in [-0.1, -0.05) is 30.3 Å². The Morgan fingerprint density at radius 3 is 2.32 bits per heavy atom. The molecule has 0 bridgehead atoms. The summed E-state index contributed by atoms with van der Waals surface area (Å²) in [6.07, 6.45) is -4.93. The van der Waals surface area contributed by atoms with Crippen molar-refractivity contribution in [1.29, 1.82) is 0 Å². The summed E-state index contributed by atoms with van der Waals surface area (Å²) in [7, 11) is 0.899. The fraction of sp³-hybridized carbons (Fsp3) is 0.308. The number of methoxy groups -OCH3 is 1. The third-order valence-corrected chi connectivity index (χ3v) is 5.82. The molecule has 2 heterocycles. The molecule has 0 amide bonds. The van der Waals surface area contributed by atoms with E-state index in [-0.39, 0.29) is 29.5 Å². The van der Waals surface area contributed by atoms with Crippen LogP contribution in [0.15, 0.2) is 71.1 Å². The molecule has 0 aromatic heterocycles. The molecule has 2 unspecified atom stereocenters. The zero-order chi connectivity index (χ0) is 26.7. The molecule has 7 nitrogen and oxygen atoms in total. The van der Waals surface area contributed by atoms with E-state index < -0.39 is 41.1 Å². The summed E-state index contributed by atoms with van der Waals surface area (Å²) in [5.41, 5.74) is -2.69. The number of hydrogen-bond acceptors (Lipinski definition) is 7. The molecule has 2 aromatic carbocycles. The maximum Gasteiger partial charge on any atom is 0.431 e. The monoisotopic (exact) mass is 521 g/mol. The number of alkyl halides is 3. The lowest BCUT2D eigenvalue weighted by Crippen LogP contribution is -2.38. The van der Waals surface area contributed by atoms with Crippen LogP contribution in [-0.4, -0.2) is 44.5 Å². The second-order valence-electron chi connectivity index (χ2n) is 8.38. The molecule has 0 radical (unpaired) electrons. The molecule has 1 saturated heterocycles. The average Bonchev–Trinajstić information content (AvgIpc) is 3.70. The number of esters is 2. The fourth-order valence-electron chi connectivity index (χ4n) is 3.93. The van der Waals surface area contributed by atoms with Crippen LogP contribution in [0.25, 0.3) is 0 Å². The first-order chi connectivity index (χ1) is 17.6. The SMILES string of the molecule is COC(=O)C1=C(C(F)(F)F)NC(C)=C(C(=O)OCc2ccc(OCC3CO3)cc2)C1c1ccccc1F. The van der Waals surface area contributed by atoms with Crippen LogP contribution in [0.1, 0.15) is 24.0 Å². The number of halogens is 4. The summed E-state index contributed by atoms with van der Waals surface area (Å²) in [4.78, 5) is 25.8. The van der Waals surface area contributed by atoms with Gasteiger partial charge in [0.15, 0.2) is 0 Å². The Bertz CT molecular complexity index is 1250. The second-order valence-corrected chi connectivity index (χ2v) is 8.38. The first-order valence-electron chi connectivity index (χ1n) is 11.2. The molecule has 11 heteroatoms. The van der Waals surface area contributed by atoms with Gasteiger partial charge in [-0.15, -0.1) is 0 Å². The van der Waals surface area contributed by atoms with E-state index in [0.717, 1.165) is 13.2 Å². The molecule has 2 aromatic rings. The topological polar surface area (TPSA) is 86.4 Å². The minimum absolute atomic E-state index is 0.0884. The number of hydrogen-bond donors (Lipinski definition) is 1. The van der Waals surface area contributed by atoms with Gasteiger partial charge in [0.2, 0.25) is 0 Å². The Hall–Kier alpha value is -3.86. The van der Waals surface area contributed by atoms with Crippen molar-refractivity contribution < 1.29 is 46.1 Å². The predicted octanol–water partition coefficient (Wildman–Crippen LogP) is 4.30. The van der Waals surface area contributed by atoms with Gasteiger partial charge in [0.25, 0.3) is 0 Å². The number of carbonyl (C=O) groups excluding carboxylic acids is 2. The maximum absolute atomic E-state index is 14.8. The highest BCUT2D eigenvalue weighted by Gasteiger charge is 2.48. The van der Waals surface area contributed by atoms with Crippen LogP contribution in [0.5, 0.6) is 5.75 Å². The van der Waals surface area contributed by atoms with Crippen molar-refractivity contribution in [2.45, 2.75) is 31.7 Å². The molecule has 0 saturated carbocycles. The normalized spacial score (nSPS) is 19.3. The summed E-state index contributed by atoms with van der Waals surface area (Å²) in [6, 6.07) is 11.6. The quantitative estimate of drug-likeness (QED) is 0.315. The zero-order valence-electron chi connectivity index (χ0n) is 19.9. The van der Waals surface area contributed by atoms with Gasteiger partial charge in [0, 0.05) is 11.3 Å². The molecule has 1 N–H and O–H groups in total. The smallest absolute Gasteiger partial charge is 0.431 e. The third-order valence-electron chi connectivity index (χ3n) is 5.82. The molecule has 196 valence electrons. The van der Waals surface area contributed by atoms with Gasteiger partial charge in [0.05, 0.1) is 30.8 Å². The number of allylic oxidation sites excluding steroid dienone is 2. The van der Waals surface area contributed by atoms with Gasteiger partial charge in [0.1, 0.15) is 36.6 Å². The molecular weight excluding hydrogens is 498 g/mol. The molecular formula is C26H23F4NO6. The molecule has 2 atom stereocenters. The van der Waals surface area contributed by atoms with Crippen LogP contribution in [0, 0.1) is 5.82 Å². The molecule has 0 spiro atoms. The summed E-state index contributed by atoms with van der Waals surface area (Å²) in [5.74, 6) is -4.42. The van der Waals surface area contributed by atoms with E-state index >= 15 is 0 Å². The van der Waals surface area contributed by atoms with E-state index in [1.165, 1.54) is 25.1 Å². The van der Waals surface area contributed by atoms with Crippen molar-refractivity contribution in [3.8, 4) is 5.75 Å². The summed E-state index contributed by atoms with van der Waals surface area (Å²) >= 11 is 0. The number of benzene rings is 2. The second kappa shape index (κ2) is 10.6. The summed E-state index contributed by atoms with van der Waals surface area (Å²) < 4.78 is 77.2. The molecule has 4 rings (SSSR count). The Kier molecular flexibility index (Phi) is 7.53. The first-order valence-corrected chi connectivity index (χ1v) is 11.2. The van der Waals surface area contributed by atoms with Gasteiger partial charge >= 0.3 is 18.1 Å². The van der Waals surface area contributed by atoms with E-state index in [4.69, 9.17) is 14.2 Å². The van der Waals surface area contributed by atoms with Crippen molar-refractivity contribution in [3.63, 3.8) is 0 Å². The number of dihydropyridines is 1. The maximum atomic E-state index is 14.8. The van der Waals surface area contributed by atoms with E-state index in [1.807, 2.05) is 0 Å². The Morgan fingerprint density at radius 1 is 1.05 bits per heavy atom. The lowest BCUT2D eigenvalue weighted by Gasteiger charge is -2.32. The lowest BCUT2D eigenvalue weighted by atomic mass is 9.80. The zero-order valence-corrected chi connectivity index (χ0v) is 19.9. The predicted molar refractivity (Wildman–Crippen MR) is 122 cm³/mol. The van der Waals surface area contributed by atoms with Gasteiger partial charge < -0.3 is 24.3 Å². The van der Waals surface area contributed by atoms with Crippen LogP contribution >= 0.6 is 0 Å². The van der Waals surface area contributed by atoms with E-state index in [0.29, 0.717) is 24.5 Å². The third kappa shape index (κ3) is 5.93. The van der Waals surface area contributed by atoms with E-state index in [2.05, 4.69) is 10.1 Å². The van der Waals surface area contributed by atoms with Crippen LogP contribution in [0.3, 0.4) is 0 Å². The van der Waals surface area contributed by atoms with Gasteiger partial charge in [-0.2, -0.15) is 13.2 Å². The van der Waals surface area contributed by atoms with Crippen LogP contribution in [0.4, 0.5) is 17.6 Å². The van der Waals surface area contributed by atoms with Gasteiger partial charge in [-0.05, 0) is 30.7 Å². The standard InChI is InChI=1S/C26H23F4NO6/c1-14-20(25(33)37-11-15-7-9-16(10-8-15)35-12-17-13-36-17)21(18-5-3-4-6-19(18)27)22(24(32)34-2)23(31-14)26(28,29)30/h3-10,17,21,31H,11-13H2,1-2H3. The molecule has 2 aliphatic heterocycles. The largest absolute Gasteiger partial charge is 0.491 e. The number of carbonyl (C=O) groups is 2. The average molecular weight is 521 g/mol. The van der Waals surface area contributed by atoms with Crippen molar-refractivity contribution in [3.05, 3.63) is 88.0 Å². The number of rotatable bonds is 8. The Labute approximate surface area is 209 Å². The first kappa shape index (κ1) is 26.2. The molecule has 0 aliphatic carbocycles. The van der Waals surface area contributed by atoms with E-state index in [9.17, 15) is 27.2 Å². The Balaban J connectivity index is 1.63. The minimum Gasteiger partial charge on any atom is -0.491 e. The highest BCUT2D eigenvalue weighted by Crippen LogP contribution is 2.44. The fourth-order valence-corrected chi connectivity index (χ4v) is 3.93. The van der Waals surface area contributed by atoms with Crippen LogP contribution < -0.4 is 10.1 Å². The highest BCUT2D eigenvalue weighted by atomic mass is 19.4. The van der Waals surface area contributed by atoms with Gasteiger partial charge in [-0.3, -0.25) is 0 Å². The summed E-state index contributed by atoms with van der Waals surface area (Å²) in [5, 5.41) is 2.09. The van der Waals surface area contributed by atoms with Crippen LogP contribution in [0.2, 0.25) is 0 Å². The highest BCUT2D eigenvalue weighted by molar-refractivity contribution is 6.00. The van der Waals surface area contributed by atoms with Gasteiger partial charge in [-0.25, -0.2) is 14.0 Å². The van der Waals surface area contributed by atoms with Crippen LogP contribution in [-0.2, 0) is 30.4 Å². The van der Waals surface area contributed by atoms with Crippen molar-refractivity contribution in [2.75, 3.05) is 20.3 Å². The Morgan fingerprint density at radius 2 is 1.73 bits per heavy atom. The molecule has 1 fully saturated rings. The molecule has 2 aliphatic rings. The summed E-state index contributed by atoms with van der Waals surface area (Å²) in [6.45, 7) is 2.07. The molecule has 37 heavy (non-hydrogen) atoms. The van der Waals surface area contributed by atoms with Crippen molar-refractivity contribution in [2.24, 2.45) is 0 Å². The van der Waals surface area contributed by atoms with Crippen molar-refractivity contribution in [1.82, 2.24) is 5.32 Å². The van der Waals surface area contributed by atoms with Crippen molar-refractivity contribution >= 4 is 11.9 Å². The lowest BCUT2D eigenvalue weighted by molar-refractivity contribution is -0.141. The number of epoxide rings is 1. The van der Waals surface area contributed by atoms with E-state index in [1.54, 1.807) is 24.3 Å². The minimum atomic E-state index is -5.01.